The fraction of sp³-hybridized carbons (Fsp3) is 0.440. The van der Waals surface area contributed by atoms with E-state index in [1.54, 1.807) is 24.3 Å². The second-order valence-electron chi connectivity index (χ2n) is 8.84. The zero-order valence-corrected chi connectivity index (χ0v) is 19.8. The van der Waals surface area contributed by atoms with Crippen molar-refractivity contribution in [2.24, 2.45) is 0 Å². The molecular weight excluding hydrogens is 438 g/mol. The number of hydrogen-bond donors (Lipinski definition) is 2. The number of piperazine rings is 1. The van der Waals surface area contributed by atoms with Gasteiger partial charge in [-0.2, -0.15) is 0 Å². The van der Waals surface area contributed by atoms with Gasteiger partial charge in [0.2, 0.25) is 5.91 Å². The van der Waals surface area contributed by atoms with Gasteiger partial charge in [-0.05, 0) is 62.8 Å². The van der Waals surface area contributed by atoms with Crippen molar-refractivity contribution in [3.63, 3.8) is 0 Å². The molecule has 0 unspecified atom stereocenters. The first-order valence-corrected chi connectivity index (χ1v) is 12.0. The van der Waals surface area contributed by atoms with Gasteiger partial charge in [-0.3, -0.25) is 9.69 Å². The van der Waals surface area contributed by atoms with Crippen LogP contribution in [0.4, 0.5) is 10.5 Å². The Morgan fingerprint density at radius 1 is 0.909 bits per heavy atom. The highest BCUT2D eigenvalue weighted by Gasteiger charge is 2.32. The summed E-state index contributed by atoms with van der Waals surface area (Å²) >= 11 is 5.92. The van der Waals surface area contributed by atoms with Gasteiger partial charge in [0.1, 0.15) is 6.04 Å². The summed E-state index contributed by atoms with van der Waals surface area (Å²) in [7, 11) is 2.17. The van der Waals surface area contributed by atoms with E-state index < -0.39 is 12.1 Å². The number of likely N-dealkylation sites (tertiary alicyclic amines) is 1. The second-order valence-corrected chi connectivity index (χ2v) is 9.28. The SMILES string of the molecule is CN1CCC(N2CCN(C(=O)[C@H](NC(=O)Nc3ccc(Cl)cc3)c3ccccc3)CC2)CC1. The molecule has 2 fully saturated rings. The highest BCUT2D eigenvalue weighted by Crippen LogP contribution is 2.21. The Bertz CT molecular complexity index is 924. The number of rotatable bonds is 5. The predicted octanol–water partition coefficient (Wildman–Crippen LogP) is 3.44. The molecule has 2 heterocycles. The van der Waals surface area contributed by atoms with Gasteiger partial charge in [-0.25, -0.2) is 4.79 Å². The molecular formula is C25H32ClN5O2. The molecule has 2 aliphatic rings. The monoisotopic (exact) mass is 469 g/mol. The summed E-state index contributed by atoms with van der Waals surface area (Å²) in [6, 6.07) is 15.7. The lowest BCUT2D eigenvalue weighted by Crippen LogP contribution is -2.56. The van der Waals surface area contributed by atoms with Gasteiger partial charge in [0.25, 0.3) is 0 Å². The van der Waals surface area contributed by atoms with Gasteiger partial charge >= 0.3 is 6.03 Å². The van der Waals surface area contributed by atoms with Crippen molar-refractivity contribution < 1.29 is 9.59 Å². The molecule has 2 saturated heterocycles. The second kappa shape index (κ2) is 11.0. The van der Waals surface area contributed by atoms with Crippen molar-refractivity contribution in [3.05, 3.63) is 65.2 Å². The lowest BCUT2D eigenvalue weighted by atomic mass is 10.0. The molecule has 0 radical (unpaired) electrons. The van der Waals surface area contributed by atoms with Gasteiger partial charge in [0, 0.05) is 42.9 Å². The first kappa shape index (κ1) is 23.5. The highest BCUT2D eigenvalue weighted by atomic mass is 35.5. The van der Waals surface area contributed by atoms with Crippen LogP contribution in [0.1, 0.15) is 24.4 Å². The number of hydrogen-bond acceptors (Lipinski definition) is 4. The van der Waals surface area contributed by atoms with E-state index in [-0.39, 0.29) is 5.91 Å². The van der Waals surface area contributed by atoms with Crippen LogP contribution < -0.4 is 10.6 Å². The van der Waals surface area contributed by atoms with Crippen LogP contribution in [0.25, 0.3) is 0 Å². The van der Waals surface area contributed by atoms with E-state index in [1.165, 1.54) is 12.8 Å². The predicted molar refractivity (Wildman–Crippen MR) is 131 cm³/mol. The quantitative estimate of drug-likeness (QED) is 0.704. The minimum absolute atomic E-state index is 0.0736. The maximum absolute atomic E-state index is 13.5. The summed E-state index contributed by atoms with van der Waals surface area (Å²) in [5.74, 6) is -0.0736. The third-order valence-electron chi connectivity index (χ3n) is 6.59. The first-order chi connectivity index (χ1) is 16.0. The molecule has 2 aromatic carbocycles. The van der Waals surface area contributed by atoms with E-state index in [0.29, 0.717) is 29.8 Å². The standard InChI is InChI=1S/C25H32ClN5O2/c1-29-13-11-22(12-14-29)30-15-17-31(18-16-30)24(32)23(19-5-3-2-4-6-19)28-25(33)27-21-9-7-20(26)8-10-21/h2-10,22-23H,11-18H2,1H3,(H2,27,28,33)/t23-/m1/s1. The van der Waals surface area contributed by atoms with Gasteiger partial charge in [-0.15, -0.1) is 0 Å². The minimum Gasteiger partial charge on any atom is -0.338 e. The fourth-order valence-corrected chi connectivity index (χ4v) is 4.74. The van der Waals surface area contributed by atoms with Gasteiger partial charge in [0.15, 0.2) is 0 Å². The maximum Gasteiger partial charge on any atom is 0.320 e. The maximum atomic E-state index is 13.5. The molecule has 1 atom stereocenters. The summed E-state index contributed by atoms with van der Waals surface area (Å²) in [5, 5.41) is 6.26. The van der Waals surface area contributed by atoms with Crippen LogP contribution in [0.2, 0.25) is 5.02 Å². The van der Waals surface area contributed by atoms with E-state index >= 15 is 0 Å². The molecule has 2 aromatic rings. The average Bonchev–Trinajstić information content (AvgIpc) is 2.85. The zero-order valence-electron chi connectivity index (χ0n) is 19.0. The van der Waals surface area contributed by atoms with Gasteiger partial charge in [-0.1, -0.05) is 41.9 Å². The molecule has 0 aromatic heterocycles. The fourth-order valence-electron chi connectivity index (χ4n) is 4.61. The van der Waals surface area contributed by atoms with Crippen molar-refractivity contribution >= 4 is 29.2 Å². The average molecular weight is 470 g/mol. The van der Waals surface area contributed by atoms with Crippen LogP contribution in [0, 0.1) is 0 Å². The number of piperidine rings is 1. The molecule has 3 amide bonds. The zero-order chi connectivity index (χ0) is 23.2. The number of amides is 3. The highest BCUT2D eigenvalue weighted by molar-refractivity contribution is 6.30. The van der Waals surface area contributed by atoms with Crippen molar-refractivity contribution in [2.45, 2.75) is 24.9 Å². The smallest absolute Gasteiger partial charge is 0.320 e. The third-order valence-corrected chi connectivity index (χ3v) is 6.84. The lowest BCUT2D eigenvalue weighted by molar-refractivity contribution is -0.135. The molecule has 2 aliphatic heterocycles. The number of anilines is 1. The number of urea groups is 1. The van der Waals surface area contributed by atoms with E-state index in [0.717, 1.165) is 31.7 Å². The molecule has 7 nitrogen and oxygen atoms in total. The number of halogens is 1. The first-order valence-electron chi connectivity index (χ1n) is 11.6. The number of carbonyl (C=O) groups excluding carboxylic acids is 2. The summed E-state index contributed by atoms with van der Waals surface area (Å²) in [6.07, 6.45) is 2.37. The number of benzene rings is 2. The number of nitrogens with one attached hydrogen (secondary N) is 2. The molecule has 0 saturated carbocycles. The minimum atomic E-state index is -0.742. The Kier molecular flexibility index (Phi) is 7.85. The van der Waals surface area contributed by atoms with E-state index in [1.807, 2.05) is 35.2 Å². The molecule has 8 heteroatoms. The van der Waals surface area contributed by atoms with Crippen LogP contribution in [0.5, 0.6) is 0 Å². The molecule has 4 rings (SSSR count). The Morgan fingerprint density at radius 3 is 2.18 bits per heavy atom. The largest absolute Gasteiger partial charge is 0.338 e. The normalized spacial score (nSPS) is 19.2. The Hall–Kier alpha value is -2.61. The van der Waals surface area contributed by atoms with Crippen LogP contribution in [-0.4, -0.2) is 79.0 Å². The van der Waals surface area contributed by atoms with Crippen molar-refractivity contribution in [3.8, 4) is 0 Å². The topological polar surface area (TPSA) is 67.9 Å². The van der Waals surface area contributed by atoms with Gasteiger partial charge < -0.3 is 20.4 Å². The van der Waals surface area contributed by atoms with Crippen LogP contribution >= 0.6 is 11.6 Å². The Labute approximate surface area is 200 Å². The van der Waals surface area contributed by atoms with Crippen molar-refractivity contribution in [1.29, 1.82) is 0 Å². The van der Waals surface area contributed by atoms with E-state index in [4.69, 9.17) is 11.6 Å². The molecule has 33 heavy (non-hydrogen) atoms. The van der Waals surface area contributed by atoms with Crippen LogP contribution in [0.3, 0.4) is 0 Å². The number of carbonyl (C=O) groups is 2. The van der Waals surface area contributed by atoms with Crippen molar-refractivity contribution in [2.75, 3.05) is 51.6 Å². The molecule has 0 spiro atoms. The molecule has 2 N–H and O–H groups in total. The Morgan fingerprint density at radius 2 is 1.55 bits per heavy atom. The third kappa shape index (κ3) is 6.25. The molecule has 0 bridgehead atoms. The lowest BCUT2D eigenvalue weighted by Gasteiger charge is -2.42. The van der Waals surface area contributed by atoms with E-state index in [2.05, 4.69) is 27.5 Å². The Balaban J connectivity index is 1.39. The molecule has 0 aliphatic carbocycles. The van der Waals surface area contributed by atoms with E-state index in [9.17, 15) is 9.59 Å². The molecule has 176 valence electrons. The summed E-state index contributed by atoms with van der Waals surface area (Å²) in [6.45, 7) is 5.36. The van der Waals surface area contributed by atoms with Crippen molar-refractivity contribution in [1.82, 2.24) is 20.0 Å². The van der Waals surface area contributed by atoms with Crippen LogP contribution in [0.15, 0.2) is 54.6 Å². The number of nitrogens with zero attached hydrogens (tertiary/aromatic N) is 3. The summed E-state index contributed by atoms with van der Waals surface area (Å²) in [4.78, 5) is 33.0. The van der Waals surface area contributed by atoms with Crippen LogP contribution in [-0.2, 0) is 4.79 Å². The summed E-state index contributed by atoms with van der Waals surface area (Å²) in [5.41, 5.74) is 1.38. The summed E-state index contributed by atoms with van der Waals surface area (Å²) < 4.78 is 0. The van der Waals surface area contributed by atoms with Gasteiger partial charge in [0.05, 0.1) is 0 Å².